The zero-order chi connectivity index (χ0) is 13.1. The summed E-state index contributed by atoms with van der Waals surface area (Å²) in [4.78, 5) is 9.59. The van der Waals surface area contributed by atoms with Gasteiger partial charge < -0.3 is 10.6 Å². The summed E-state index contributed by atoms with van der Waals surface area (Å²) in [6.07, 6.45) is 7.51. The van der Waals surface area contributed by atoms with E-state index in [1.807, 2.05) is 12.3 Å². The van der Waals surface area contributed by atoms with Gasteiger partial charge in [-0.3, -0.25) is 4.90 Å². The van der Waals surface area contributed by atoms with Gasteiger partial charge in [0.05, 0.1) is 0 Å². The van der Waals surface area contributed by atoms with Crippen LogP contribution in [-0.4, -0.2) is 42.1 Å². The van der Waals surface area contributed by atoms with E-state index in [1.54, 1.807) is 0 Å². The molecule has 0 radical (unpaired) electrons. The summed E-state index contributed by atoms with van der Waals surface area (Å²) in [6, 6.07) is 4.91. The molecule has 0 atom stereocenters. The first kappa shape index (κ1) is 12.9. The predicted octanol–water partition coefficient (Wildman–Crippen LogP) is 1.60. The van der Waals surface area contributed by atoms with Gasteiger partial charge in [-0.15, -0.1) is 0 Å². The van der Waals surface area contributed by atoms with Crippen molar-refractivity contribution in [1.29, 1.82) is 0 Å². The monoisotopic (exact) mass is 260 g/mol. The molecule has 2 heterocycles. The Balaban J connectivity index is 1.63. The van der Waals surface area contributed by atoms with Crippen molar-refractivity contribution in [3.63, 3.8) is 0 Å². The van der Waals surface area contributed by atoms with Crippen molar-refractivity contribution in [2.75, 3.05) is 31.1 Å². The van der Waals surface area contributed by atoms with Gasteiger partial charge in [-0.05, 0) is 18.9 Å². The molecule has 19 heavy (non-hydrogen) atoms. The summed E-state index contributed by atoms with van der Waals surface area (Å²) < 4.78 is 0. The molecule has 1 saturated carbocycles. The van der Waals surface area contributed by atoms with Gasteiger partial charge in [0.25, 0.3) is 0 Å². The maximum Gasteiger partial charge on any atom is 0.133 e. The topological polar surface area (TPSA) is 45.4 Å². The molecule has 1 aromatic rings. The lowest BCUT2D eigenvalue weighted by Crippen LogP contribution is -2.50. The predicted molar refractivity (Wildman–Crippen MR) is 78.2 cm³/mol. The lowest BCUT2D eigenvalue weighted by molar-refractivity contribution is 0.187. The summed E-state index contributed by atoms with van der Waals surface area (Å²) in [5.41, 5.74) is 6.97. The van der Waals surface area contributed by atoms with Crippen LogP contribution in [-0.2, 0) is 6.54 Å². The van der Waals surface area contributed by atoms with E-state index < -0.39 is 0 Å². The number of rotatable bonds is 3. The average Bonchev–Trinajstić information content (AvgIpc) is 3.02. The van der Waals surface area contributed by atoms with E-state index >= 15 is 0 Å². The maximum absolute atomic E-state index is 5.81. The molecule has 4 heteroatoms. The summed E-state index contributed by atoms with van der Waals surface area (Å²) in [5.74, 6) is 1.09. The van der Waals surface area contributed by atoms with Crippen LogP contribution in [0.5, 0.6) is 0 Å². The van der Waals surface area contributed by atoms with Gasteiger partial charge in [0.1, 0.15) is 5.82 Å². The molecular weight excluding hydrogens is 236 g/mol. The van der Waals surface area contributed by atoms with Crippen LogP contribution in [0, 0.1) is 0 Å². The van der Waals surface area contributed by atoms with Crippen LogP contribution in [0.25, 0.3) is 0 Å². The van der Waals surface area contributed by atoms with Crippen LogP contribution >= 0.6 is 0 Å². The van der Waals surface area contributed by atoms with Crippen LogP contribution in [0.2, 0.25) is 0 Å². The fourth-order valence-electron chi connectivity index (χ4n) is 3.44. The fourth-order valence-corrected chi connectivity index (χ4v) is 3.44. The van der Waals surface area contributed by atoms with Gasteiger partial charge in [-0.25, -0.2) is 4.98 Å². The SMILES string of the molecule is NCc1cccnc1N1CCN(C2CCCC2)CC1. The maximum atomic E-state index is 5.81. The van der Waals surface area contributed by atoms with Crippen LogP contribution in [0.3, 0.4) is 0 Å². The molecule has 0 aromatic carbocycles. The lowest BCUT2D eigenvalue weighted by atomic mass is 10.1. The number of hydrogen-bond acceptors (Lipinski definition) is 4. The lowest BCUT2D eigenvalue weighted by Gasteiger charge is -2.39. The van der Waals surface area contributed by atoms with E-state index in [0.717, 1.165) is 30.5 Å². The molecule has 0 unspecified atom stereocenters. The molecule has 1 aliphatic carbocycles. The Morgan fingerprint density at radius 2 is 1.89 bits per heavy atom. The van der Waals surface area contributed by atoms with E-state index in [2.05, 4.69) is 20.9 Å². The van der Waals surface area contributed by atoms with Crippen molar-refractivity contribution in [2.45, 2.75) is 38.3 Å². The van der Waals surface area contributed by atoms with Gasteiger partial charge in [0.2, 0.25) is 0 Å². The van der Waals surface area contributed by atoms with E-state index in [1.165, 1.54) is 38.8 Å². The Bertz CT molecular complexity index is 406. The molecule has 1 aliphatic heterocycles. The number of pyridine rings is 1. The Hall–Kier alpha value is -1.13. The first-order valence-corrected chi connectivity index (χ1v) is 7.51. The molecule has 2 aliphatic rings. The minimum Gasteiger partial charge on any atom is -0.354 e. The number of aromatic nitrogens is 1. The van der Waals surface area contributed by atoms with E-state index in [0.29, 0.717) is 6.54 Å². The fraction of sp³-hybridized carbons (Fsp3) is 0.667. The van der Waals surface area contributed by atoms with Crippen LogP contribution in [0.1, 0.15) is 31.2 Å². The van der Waals surface area contributed by atoms with E-state index in [4.69, 9.17) is 5.73 Å². The number of nitrogens with two attached hydrogens (primary N) is 1. The first-order chi connectivity index (χ1) is 9.38. The van der Waals surface area contributed by atoms with Crippen molar-refractivity contribution in [3.05, 3.63) is 23.9 Å². The second kappa shape index (κ2) is 5.88. The van der Waals surface area contributed by atoms with Gasteiger partial charge in [-0.2, -0.15) is 0 Å². The quantitative estimate of drug-likeness (QED) is 0.897. The smallest absolute Gasteiger partial charge is 0.133 e. The molecule has 1 saturated heterocycles. The minimum atomic E-state index is 0.575. The van der Waals surface area contributed by atoms with Crippen molar-refractivity contribution in [2.24, 2.45) is 5.73 Å². The highest BCUT2D eigenvalue weighted by molar-refractivity contribution is 5.47. The highest BCUT2D eigenvalue weighted by Gasteiger charge is 2.26. The number of anilines is 1. The third kappa shape index (κ3) is 2.74. The second-order valence-electron chi connectivity index (χ2n) is 5.65. The molecule has 2 fully saturated rings. The van der Waals surface area contributed by atoms with Gasteiger partial charge >= 0.3 is 0 Å². The van der Waals surface area contributed by atoms with Crippen molar-refractivity contribution >= 4 is 5.82 Å². The highest BCUT2D eigenvalue weighted by Crippen LogP contribution is 2.25. The number of hydrogen-bond donors (Lipinski definition) is 1. The van der Waals surface area contributed by atoms with Crippen molar-refractivity contribution in [3.8, 4) is 0 Å². The zero-order valence-electron chi connectivity index (χ0n) is 11.6. The molecule has 104 valence electrons. The molecular formula is C15H24N4. The number of piperazine rings is 1. The van der Waals surface area contributed by atoms with Crippen molar-refractivity contribution in [1.82, 2.24) is 9.88 Å². The van der Waals surface area contributed by atoms with Crippen LogP contribution < -0.4 is 10.6 Å². The molecule has 1 aromatic heterocycles. The van der Waals surface area contributed by atoms with Crippen LogP contribution in [0.4, 0.5) is 5.82 Å². The largest absolute Gasteiger partial charge is 0.354 e. The highest BCUT2D eigenvalue weighted by atomic mass is 15.3. The molecule has 0 spiro atoms. The molecule has 4 nitrogen and oxygen atoms in total. The second-order valence-corrected chi connectivity index (χ2v) is 5.65. The summed E-state index contributed by atoms with van der Waals surface area (Å²) in [7, 11) is 0. The number of nitrogens with zero attached hydrogens (tertiary/aromatic N) is 3. The molecule has 0 amide bonds. The third-order valence-corrected chi connectivity index (χ3v) is 4.54. The Morgan fingerprint density at radius 1 is 1.16 bits per heavy atom. The average molecular weight is 260 g/mol. The summed E-state index contributed by atoms with van der Waals surface area (Å²) in [5, 5.41) is 0. The molecule has 3 rings (SSSR count). The normalized spacial score (nSPS) is 22.1. The van der Waals surface area contributed by atoms with Crippen molar-refractivity contribution < 1.29 is 0 Å². The minimum absolute atomic E-state index is 0.575. The van der Waals surface area contributed by atoms with Gasteiger partial charge in [0.15, 0.2) is 0 Å². The summed E-state index contributed by atoms with van der Waals surface area (Å²) in [6.45, 7) is 5.09. The van der Waals surface area contributed by atoms with Crippen LogP contribution in [0.15, 0.2) is 18.3 Å². The Kier molecular flexibility index (Phi) is 3.99. The zero-order valence-corrected chi connectivity index (χ0v) is 11.6. The summed E-state index contributed by atoms with van der Waals surface area (Å²) >= 11 is 0. The molecule has 0 bridgehead atoms. The Morgan fingerprint density at radius 3 is 2.58 bits per heavy atom. The first-order valence-electron chi connectivity index (χ1n) is 7.51. The van der Waals surface area contributed by atoms with Gasteiger partial charge in [0, 0.05) is 50.5 Å². The Labute approximate surface area is 115 Å². The molecule has 2 N–H and O–H groups in total. The van der Waals surface area contributed by atoms with E-state index in [-0.39, 0.29) is 0 Å². The standard InChI is InChI=1S/C15H24N4/c16-12-13-4-3-7-17-15(13)19-10-8-18(9-11-19)14-5-1-2-6-14/h3-4,7,14H,1-2,5-6,8-12,16H2. The van der Waals surface area contributed by atoms with E-state index in [9.17, 15) is 0 Å². The third-order valence-electron chi connectivity index (χ3n) is 4.54. The van der Waals surface area contributed by atoms with Gasteiger partial charge in [-0.1, -0.05) is 18.9 Å².